The standard InChI is InChI=1S/C25H29F2N3O3/c1-4-29(5-2)25-22(23(28-33-25)18-7-11-20(26)12-8-18)17-30(15-6-16-32-3)24(31)19-9-13-21(27)14-10-19/h7-14H,4-6,15-17H2,1-3H3. The fraction of sp³-hybridized carbons (Fsp3) is 0.360. The summed E-state index contributed by atoms with van der Waals surface area (Å²) in [5, 5.41) is 4.27. The van der Waals surface area contributed by atoms with Crippen molar-refractivity contribution in [3.05, 3.63) is 71.3 Å². The Bertz CT molecular complexity index is 1030. The molecule has 6 nitrogen and oxygen atoms in total. The molecule has 1 aromatic heterocycles. The first-order chi connectivity index (χ1) is 16.0. The fourth-order valence-corrected chi connectivity index (χ4v) is 3.66. The Hall–Kier alpha value is -3.26. The molecule has 0 saturated carbocycles. The predicted molar refractivity (Wildman–Crippen MR) is 123 cm³/mol. The van der Waals surface area contributed by atoms with Gasteiger partial charge in [0.15, 0.2) is 0 Å². The van der Waals surface area contributed by atoms with Gasteiger partial charge in [0.2, 0.25) is 5.88 Å². The van der Waals surface area contributed by atoms with Crippen LogP contribution in [-0.2, 0) is 11.3 Å². The van der Waals surface area contributed by atoms with Gasteiger partial charge in [-0.25, -0.2) is 8.78 Å². The number of benzene rings is 2. The number of amides is 1. The van der Waals surface area contributed by atoms with Crippen LogP contribution < -0.4 is 4.90 Å². The molecule has 0 unspecified atom stereocenters. The van der Waals surface area contributed by atoms with Crippen LogP contribution in [0, 0.1) is 11.6 Å². The Kier molecular flexibility index (Phi) is 8.54. The lowest BCUT2D eigenvalue weighted by Gasteiger charge is -2.25. The summed E-state index contributed by atoms with van der Waals surface area (Å²) in [5.74, 6) is -0.412. The third-order valence-corrected chi connectivity index (χ3v) is 5.44. The SMILES string of the molecule is CCN(CC)c1onc(-c2ccc(F)cc2)c1CN(CCCOC)C(=O)c1ccc(F)cc1. The molecule has 3 aromatic rings. The average molecular weight is 458 g/mol. The summed E-state index contributed by atoms with van der Waals surface area (Å²) < 4.78 is 37.8. The number of rotatable bonds is 11. The highest BCUT2D eigenvalue weighted by Gasteiger charge is 2.26. The molecule has 0 spiro atoms. The van der Waals surface area contributed by atoms with Crippen LogP contribution in [0.25, 0.3) is 11.3 Å². The quantitative estimate of drug-likeness (QED) is 0.373. The minimum Gasteiger partial charge on any atom is -0.385 e. The van der Waals surface area contributed by atoms with E-state index in [1.807, 2.05) is 18.7 Å². The molecule has 0 bridgehead atoms. The van der Waals surface area contributed by atoms with Crippen molar-refractivity contribution in [2.75, 3.05) is 38.3 Å². The summed E-state index contributed by atoms with van der Waals surface area (Å²) in [7, 11) is 1.61. The van der Waals surface area contributed by atoms with E-state index in [2.05, 4.69) is 5.16 Å². The smallest absolute Gasteiger partial charge is 0.254 e. The zero-order chi connectivity index (χ0) is 23.8. The van der Waals surface area contributed by atoms with Gasteiger partial charge in [0.25, 0.3) is 5.91 Å². The van der Waals surface area contributed by atoms with E-state index in [1.54, 1.807) is 24.1 Å². The van der Waals surface area contributed by atoms with Gasteiger partial charge in [-0.2, -0.15) is 0 Å². The Labute approximate surface area is 192 Å². The van der Waals surface area contributed by atoms with Crippen LogP contribution in [-0.4, -0.2) is 49.3 Å². The van der Waals surface area contributed by atoms with E-state index in [4.69, 9.17) is 9.26 Å². The largest absolute Gasteiger partial charge is 0.385 e. The first-order valence-electron chi connectivity index (χ1n) is 11.0. The van der Waals surface area contributed by atoms with Gasteiger partial charge in [0.05, 0.1) is 12.1 Å². The summed E-state index contributed by atoms with van der Waals surface area (Å²) in [6, 6.07) is 11.5. The van der Waals surface area contributed by atoms with Gasteiger partial charge in [-0.3, -0.25) is 4.79 Å². The highest BCUT2D eigenvalue weighted by Crippen LogP contribution is 2.33. The highest BCUT2D eigenvalue weighted by molar-refractivity contribution is 5.94. The van der Waals surface area contributed by atoms with E-state index in [1.165, 1.54) is 36.4 Å². The van der Waals surface area contributed by atoms with E-state index in [0.29, 0.717) is 55.4 Å². The van der Waals surface area contributed by atoms with Crippen molar-refractivity contribution in [1.29, 1.82) is 0 Å². The Morgan fingerprint density at radius 2 is 1.61 bits per heavy atom. The lowest BCUT2D eigenvalue weighted by Crippen LogP contribution is -2.33. The number of methoxy groups -OCH3 is 1. The summed E-state index contributed by atoms with van der Waals surface area (Å²) >= 11 is 0. The Morgan fingerprint density at radius 1 is 1.00 bits per heavy atom. The van der Waals surface area contributed by atoms with E-state index >= 15 is 0 Å². The van der Waals surface area contributed by atoms with Gasteiger partial charge in [-0.1, -0.05) is 5.16 Å². The third kappa shape index (κ3) is 5.96. The molecule has 0 fully saturated rings. The second-order valence-electron chi connectivity index (χ2n) is 7.57. The van der Waals surface area contributed by atoms with E-state index in [-0.39, 0.29) is 18.3 Å². The summed E-state index contributed by atoms with van der Waals surface area (Å²) in [4.78, 5) is 17.0. The maximum atomic E-state index is 13.5. The molecule has 0 aliphatic heterocycles. The zero-order valence-electron chi connectivity index (χ0n) is 19.2. The molecular formula is C25H29F2N3O3. The lowest BCUT2D eigenvalue weighted by atomic mass is 10.1. The second-order valence-corrected chi connectivity index (χ2v) is 7.57. The van der Waals surface area contributed by atoms with Crippen molar-refractivity contribution in [2.24, 2.45) is 0 Å². The van der Waals surface area contributed by atoms with Crippen molar-refractivity contribution in [2.45, 2.75) is 26.8 Å². The number of halogens is 2. The number of hydrogen-bond acceptors (Lipinski definition) is 5. The van der Waals surface area contributed by atoms with Gasteiger partial charge in [-0.05, 0) is 68.8 Å². The molecule has 0 atom stereocenters. The fourth-order valence-electron chi connectivity index (χ4n) is 3.66. The first-order valence-corrected chi connectivity index (χ1v) is 11.0. The van der Waals surface area contributed by atoms with E-state index in [9.17, 15) is 13.6 Å². The molecule has 0 N–H and O–H groups in total. The maximum Gasteiger partial charge on any atom is 0.254 e. The topological polar surface area (TPSA) is 58.8 Å². The summed E-state index contributed by atoms with van der Waals surface area (Å²) in [6.07, 6.45) is 0.626. The number of carbonyl (C=O) groups excluding carboxylic acids is 1. The molecule has 1 amide bonds. The Morgan fingerprint density at radius 3 is 2.18 bits per heavy atom. The molecule has 8 heteroatoms. The Balaban J connectivity index is 2.01. The van der Waals surface area contributed by atoms with Gasteiger partial charge < -0.3 is 19.1 Å². The van der Waals surface area contributed by atoms with Crippen molar-refractivity contribution in [3.63, 3.8) is 0 Å². The van der Waals surface area contributed by atoms with Crippen LogP contribution >= 0.6 is 0 Å². The highest BCUT2D eigenvalue weighted by atomic mass is 19.1. The molecule has 0 aliphatic carbocycles. The summed E-state index contributed by atoms with van der Waals surface area (Å²) in [5.41, 5.74) is 2.37. The van der Waals surface area contributed by atoms with E-state index < -0.39 is 5.82 Å². The lowest BCUT2D eigenvalue weighted by molar-refractivity contribution is 0.0724. The monoisotopic (exact) mass is 457 g/mol. The molecular weight excluding hydrogens is 428 g/mol. The zero-order valence-corrected chi connectivity index (χ0v) is 19.2. The van der Waals surface area contributed by atoms with Gasteiger partial charge in [0, 0.05) is 44.5 Å². The third-order valence-electron chi connectivity index (χ3n) is 5.44. The number of aromatic nitrogens is 1. The van der Waals surface area contributed by atoms with Gasteiger partial charge >= 0.3 is 0 Å². The molecule has 176 valence electrons. The molecule has 3 rings (SSSR count). The van der Waals surface area contributed by atoms with Crippen molar-refractivity contribution >= 4 is 11.8 Å². The van der Waals surface area contributed by atoms with Crippen LogP contribution in [0.1, 0.15) is 36.2 Å². The number of hydrogen-bond donors (Lipinski definition) is 0. The minimum absolute atomic E-state index is 0.224. The van der Waals surface area contributed by atoms with Crippen LogP contribution in [0.4, 0.5) is 14.7 Å². The first kappa shape index (κ1) is 24.4. The van der Waals surface area contributed by atoms with Crippen LogP contribution in [0.2, 0.25) is 0 Å². The van der Waals surface area contributed by atoms with Crippen molar-refractivity contribution in [3.8, 4) is 11.3 Å². The molecule has 0 saturated heterocycles. The second kappa shape index (κ2) is 11.6. The normalized spacial score (nSPS) is 10.9. The number of nitrogens with zero attached hydrogens (tertiary/aromatic N) is 3. The van der Waals surface area contributed by atoms with Gasteiger partial charge in [0.1, 0.15) is 17.3 Å². The number of ether oxygens (including phenoxy) is 1. The molecule has 0 radical (unpaired) electrons. The maximum absolute atomic E-state index is 13.5. The van der Waals surface area contributed by atoms with Crippen LogP contribution in [0.3, 0.4) is 0 Å². The minimum atomic E-state index is -0.404. The van der Waals surface area contributed by atoms with Crippen molar-refractivity contribution < 1.29 is 22.8 Å². The molecule has 1 heterocycles. The van der Waals surface area contributed by atoms with Crippen molar-refractivity contribution in [1.82, 2.24) is 10.1 Å². The molecule has 0 aliphatic rings. The molecule has 2 aromatic carbocycles. The van der Waals surface area contributed by atoms with Crippen LogP contribution in [0.15, 0.2) is 53.1 Å². The van der Waals surface area contributed by atoms with Crippen LogP contribution in [0.5, 0.6) is 0 Å². The van der Waals surface area contributed by atoms with Gasteiger partial charge in [-0.15, -0.1) is 0 Å². The summed E-state index contributed by atoms with van der Waals surface area (Å²) in [6.45, 7) is 6.54. The molecule has 33 heavy (non-hydrogen) atoms. The van der Waals surface area contributed by atoms with E-state index in [0.717, 1.165) is 5.56 Å². The predicted octanol–water partition coefficient (Wildman–Crippen LogP) is 5.14. The average Bonchev–Trinajstić information content (AvgIpc) is 3.23. The number of anilines is 1. The number of carbonyl (C=O) groups is 1.